The lowest BCUT2D eigenvalue weighted by molar-refractivity contribution is 0.595. The highest BCUT2D eigenvalue weighted by Gasteiger charge is 2.23. The summed E-state index contributed by atoms with van der Waals surface area (Å²) < 4.78 is 0. The molecule has 1 aromatic rings. The maximum Gasteiger partial charge on any atom is -0.00549 e. The van der Waals surface area contributed by atoms with Crippen molar-refractivity contribution in [2.24, 2.45) is 5.92 Å². The van der Waals surface area contributed by atoms with Crippen LogP contribution in [-0.2, 0) is 6.42 Å². The normalized spacial score (nSPS) is 17.3. The van der Waals surface area contributed by atoms with E-state index in [4.69, 9.17) is 0 Å². The SMILES string of the molecule is CCCC(C)C1=Cc2c(cc(C(C)CCC)cc2C(C)CCC)C1. The highest BCUT2D eigenvalue weighted by molar-refractivity contribution is 5.68. The molecular formula is C24H38. The van der Waals surface area contributed by atoms with E-state index in [0.29, 0.717) is 11.8 Å². The molecule has 0 heterocycles. The predicted molar refractivity (Wildman–Crippen MR) is 109 cm³/mol. The zero-order chi connectivity index (χ0) is 17.7. The summed E-state index contributed by atoms with van der Waals surface area (Å²) in [6.07, 6.45) is 11.5. The van der Waals surface area contributed by atoms with Crippen LogP contribution in [0.4, 0.5) is 0 Å². The molecule has 0 amide bonds. The van der Waals surface area contributed by atoms with Crippen LogP contribution in [0.2, 0.25) is 0 Å². The molecule has 0 nitrogen and oxygen atoms in total. The van der Waals surface area contributed by atoms with E-state index < -0.39 is 0 Å². The quantitative estimate of drug-likeness (QED) is 0.433. The van der Waals surface area contributed by atoms with E-state index in [1.165, 1.54) is 44.9 Å². The number of rotatable bonds is 9. The first kappa shape index (κ1) is 19.3. The van der Waals surface area contributed by atoms with Gasteiger partial charge in [-0.2, -0.15) is 0 Å². The third-order valence-corrected chi connectivity index (χ3v) is 5.94. The van der Waals surface area contributed by atoms with Crippen LogP contribution in [0, 0.1) is 5.92 Å². The van der Waals surface area contributed by atoms with Gasteiger partial charge in [0.05, 0.1) is 0 Å². The lowest BCUT2D eigenvalue weighted by Gasteiger charge is -2.20. The molecule has 0 aromatic heterocycles. The molecule has 0 spiro atoms. The molecule has 0 saturated heterocycles. The Hall–Kier alpha value is -1.04. The lowest BCUT2D eigenvalue weighted by atomic mass is 9.85. The zero-order valence-electron chi connectivity index (χ0n) is 16.9. The van der Waals surface area contributed by atoms with Gasteiger partial charge in [0, 0.05) is 0 Å². The van der Waals surface area contributed by atoms with Crippen LogP contribution in [-0.4, -0.2) is 0 Å². The van der Waals surface area contributed by atoms with Gasteiger partial charge < -0.3 is 0 Å². The Balaban J connectivity index is 2.39. The van der Waals surface area contributed by atoms with E-state index in [0.717, 1.165) is 5.92 Å². The Bertz CT molecular complexity index is 564. The Morgan fingerprint density at radius 2 is 1.38 bits per heavy atom. The molecule has 0 fully saturated rings. The second-order valence-corrected chi connectivity index (χ2v) is 8.15. The van der Waals surface area contributed by atoms with Crippen molar-refractivity contribution in [2.45, 2.75) is 98.3 Å². The van der Waals surface area contributed by atoms with Crippen molar-refractivity contribution in [1.82, 2.24) is 0 Å². The Morgan fingerprint density at radius 3 is 2.00 bits per heavy atom. The van der Waals surface area contributed by atoms with Gasteiger partial charge in [-0.3, -0.25) is 0 Å². The van der Waals surface area contributed by atoms with Gasteiger partial charge in [-0.1, -0.05) is 84.6 Å². The number of benzene rings is 1. The second kappa shape index (κ2) is 8.88. The van der Waals surface area contributed by atoms with Gasteiger partial charge in [0.1, 0.15) is 0 Å². The Labute approximate surface area is 150 Å². The summed E-state index contributed by atoms with van der Waals surface area (Å²) in [6, 6.07) is 5.07. The van der Waals surface area contributed by atoms with Gasteiger partial charge in [0.15, 0.2) is 0 Å². The molecule has 134 valence electrons. The van der Waals surface area contributed by atoms with E-state index in [-0.39, 0.29) is 0 Å². The maximum atomic E-state index is 2.55. The average Bonchev–Trinajstić information content (AvgIpc) is 2.98. The third kappa shape index (κ3) is 4.32. The van der Waals surface area contributed by atoms with Crippen LogP contribution >= 0.6 is 0 Å². The van der Waals surface area contributed by atoms with E-state index in [2.05, 4.69) is 59.8 Å². The van der Waals surface area contributed by atoms with Crippen LogP contribution in [0.15, 0.2) is 17.7 Å². The first-order valence-corrected chi connectivity index (χ1v) is 10.4. The summed E-state index contributed by atoms with van der Waals surface area (Å²) in [4.78, 5) is 0. The summed E-state index contributed by atoms with van der Waals surface area (Å²) in [7, 11) is 0. The first-order valence-electron chi connectivity index (χ1n) is 10.4. The van der Waals surface area contributed by atoms with Gasteiger partial charge in [-0.25, -0.2) is 0 Å². The fraction of sp³-hybridized carbons (Fsp3) is 0.667. The van der Waals surface area contributed by atoms with Crippen molar-refractivity contribution < 1.29 is 0 Å². The minimum atomic E-state index is 0.676. The van der Waals surface area contributed by atoms with Gasteiger partial charge in [-0.15, -0.1) is 0 Å². The molecule has 0 N–H and O–H groups in total. The first-order chi connectivity index (χ1) is 11.5. The predicted octanol–water partition coefficient (Wildman–Crippen LogP) is 7.87. The van der Waals surface area contributed by atoms with Gasteiger partial charge in [0.2, 0.25) is 0 Å². The van der Waals surface area contributed by atoms with Gasteiger partial charge >= 0.3 is 0 Å². The summed E-state index contributed by atoms with van der Waals surface area (Å²) in [5.74, 6) is 2.09. The van der Waals surface area contributed by atoms with Crippen molar-refractivity contribution in [3.8, 4) is 0 Å². The summed E-state index contributed by atoms with van der Waals surface area (Å²) in [6.45, 7) is 14.2. The summed E-state index contributed by atoms with van der Waals surface area (Å²) in [5.41, 5.74) is 8.03. The van der Waals surface area contributed by atoms with Crippen LogP contribution in [0.1, 0.15) is 114 Å². The standard InChI is InChI=1S/C24H38/c1-7-10-17(4)20-13-22-14-21(18(5)11-8-2)16-24(22)23(15-20)19(6)12-9-3/h13,15-19H,7-12,14H2,1-6H3. The Morgan fingerprint density at radius 1 is 0.792 bits per heavy atom. The number of fused-ring (bicyclic) bond motifs is 1. The molecule has 0 radical (unpaired) electrons. The fourth-order valence-electron chi connectivity index (χ4n) is 4.36. The number of allylic oxidation sites excluding steroid dienone is 1. The summed E-state index contributed by atoms with van der Waals surface area (Å²) >= 11 is 0. The summed E-state index contributed by atoms with van der Waals surface area (Å²) in [5, 5.41) is 0. The number of hydrogen-bond donors (Lipinski definition) is 0. The molecule has 2 rings (SSSR count). The molecule has 3 atom stereocenters. The van der Waals surface area contributed by atoms with E-state index in [1.54, 1.807) is 27.8 Å². The molecule has 0 aliphatic heterocycles. The maximum absolute atomic E-state index is 2.55. The lowest BCUT2D eigenvalue weighted by Crippen LogP contribution is -2.03. The zero-order valence-corrected chi connectivity index (χ0v) is 16.9. The van der Waals surface area contributed by atoms with E-state index in [1.807, 2.05) is 0 Å². The van der Waals surface area contributed by atoms with Crippen molar-refractivity contribution >= 4 is 6.08 Å². The van der Waals surface area contributed by atoms with Crippen LogP contribution in [0.3, 0.4) is 0 Å². The largest absolute Gasteiger partial charge is 0.0654 e. The highest BCUT2D eigenvalue weighted by atomic mass is 14.3. The van der Waals surface area contributed by atoms with Crippen molar-refractivity contribution in [1.29, 1.82) is 0 Å². The van der Waals surface area contributed by atoms with Gasteiger partial charge in [0.25, 0.3) is 0 Å². The van der Waals surface area contributed by atoms with Crippen molar-refractivity contribution in [2.75, 3.05) is 0 Å². The molecule has 1 aromatic carbocycles. The fourth-order valence-corrected chi connectivity index (χ4v) is 4.36. The van der Waals surface area contributed by atoms with Crippen LogP contribution in [0.25, 0.3) is 6.08 Å². The monoisotopic (exact) mass is 326 g/mol. The molecule has 0 heteroatoms. The average molecular weight is 327 g/mol. The van der Waals surface area contributed by atoms with E-state index in [9.17, 15) is 0 Å². The molecular weight excluding hydrogens is 288 g/mol. The molecule has 1 aliphatic rings. The van der Waals surface area contributed by atoms with Crippen molar-refractivity contribution in [3.05, 3.63) is 40.0 Å². The molecule has 24 heavy (non-hydrogen) atoms. The Kier molecular flexibility index (Phi) is 7.14. The highest BCUT2D eigenvalue weighted by Crippen LogP contribution is 2.39. The van der Waals surface area contributed by atoms with E-state index >= 15 is 0 Å². The molecule has 0 bridgehead atoms. The minimum absolute atomic E-state index is 0.676. The number of hydrogen-bond acceptors (Lipinski definition) is 0. The molecule has 1 aliphatic carbocycles. The topological polar surface area (TPSA) is 0 Å². The minimum Gasteiger partial charge on any atom is -0.0654 e. The molecule has 3 unspecified atom stereocenters. The second-order valence-electron chi connectivity index (χ2n) is 8.15. The van der Waals surface area contributed by atoms with Crippen LogP contribution in [0.5, 0.6) is 0 Å². The van der Waals surface area contributed by atoms with Crippen molar-refractivity contribution in [3.63, 3.8) is 0 Å². The van der Waals surface area contributed by atoms with Gasteiger partial charge in [-0.05, 0) is 65.7 Å². The molecule has 0 saturated carbocycles. The third-order valence-electron chi connectivity index (χ3n) is 5.94. The smallest absolute Gasteiger partial charge is 0.00549 e. The van der Waals surface area contributed by atoms with Crippen LogP contribution < -0.4 is 0 Å².